The van der Waals surface area contributed by atoms with Crippen molar-refractivity contribution < 1.29 is 9.72 Å². The molecule has 19 heavy (non-hydrogen) atoms. The Kier molecular flexibility index (Phi) is 5.73. The monoisotopic (exact) mass is 262 g/mol. The van der Waals surface area contributed by atoms with Crippen LogP contribution in [-0.2, 0) is 4.79 Å². The minimum Gasteiger partial charge on any atom is -0.350 e. The summed E-state index contributed by atoms with van der Waals surface area (Å²) in [7, 11) is 0. The summed E-state index contributed by atoms with van der Waals surface area (Å²) in [6, 6.07) is 6.24. The van der Waals surface area contributed by atoms with Crippen LogP contribution in [0, 0.1) is 10.1 Å². The molecule has 0 aliphatic carbocycles. The van der Waals surface area contributed by atoms with Gasteiger partial charge >= 0.3 is 0 Å². The summed E-state index contributed by atoms with van der Waals surface area (Å²) in [5.74, 6) is -0.146. The van der Waals surface area contributed by atoms with Gasteiger partial charge in [-0.1, -0.05) is 13.8 Å². The molecule has 0 fully saturated rings. The first-order chi connectivity index (χ1) is 9.06. The number of rotatable bonds is 6. The van der Waals surface area contributed by atoms with Crippen LogP contribution >= 0.6 is 0 Å². The quantitative estimate of drug-likeness (QED) is 0.486. The molecule has 1 rings (SSSR count). The van der Waals surface area contributed by atoms with Gasteiger partial charge in [0, 0.05) is 24.3 Å². The molecule has 0 bridgehead atoms. The second-order valence-electron chi connectivity index (χ2n) is 4.20. The van der Waals surface area contributed by atoms with Crippen LogP contribution in [-0.4, -0.2) is 16.9 Å². The molecule has 0 unspecified atom stereocenters. The Hall–Kier alpha value is -2.17. The third-order valence-electron chi connectivity index (χ3n) is 2.86. The van der Waals surface area contributed by atoms with Crippen molar-refractivity contribution in [3.8, 4) is 0 Å². The fraction of sp³-hybridized carbons (Fsp3) is 0.357. The van der Waals surface area contributed by atoms with Gasteiger partial charge in [0.05, 0.1) is 4.92 Å². The van der Waals surface area contributed by atoms with Gasteiger partial charge in [-0.2, -0.15) is 0 Å². The van der Waals surface area contributed by atoms with Crippen LogP contribution in [0.25, 0.3) is 6.08 Å². The lowest BCUT2D eigenvalue weighted by Crippen LogP contribution is -2.32. The van der Waals surface area contributed by atoms with Crippen LogP contribution in [0.2, 0.25) is 0 Å². The maximum absolute atomic E-state index is 11.6. The third kappa shape index (κ3) is 4.91. The van der Waals surface area contributed by atoms with Crippen LogP contribution in [0.3, 0.4) is 0 Å². The average Bonchev–Trinajstić information content (AvgIpc) is 2.43. The van der Waals surface area contributed by atoms with Gasteiger partial charge in [0.1, 0.15) is 0 Å². The van der Waals surface area contributed by atoms with Crippen LogP contribution in [0.15, 0.2) is 30.3 Å². The molecule has 0 heterocycles. The number of hydrogen-bond donors (Lipinski definition) is 1. The standard InChI is InChI=1S/C14H18N2O3/c1-3-12(4-2)15-14(17)10-7-11-5-8-13(9-6-11)16(18)19/h5-10,12H,3-4H2,1-2H3,(H,15,17)/b10-7+. The van der Waals surface area contributed by atoms with E-state index >= 15 is 0 Å². The zero-order valence-corrected chi connectivity index (χ0v) is 11.1. The van der Waals surface area contributed by atoms with Crippen LogP contribution in [0.5, 0.6) is 0 Å². The van der Waals surface area contributed by atoms with E-state index in [9.17, 15) is 14.9 Å². The van der Waals surface area contributed by atoms with Gasteiger partial charge in [-0.05, 0) is 36.6 Å². The number of non-ortho nitro benzene ring substituents is 1. The summed E-state index contributed by atoms with van der Waals surface area (Å²) in [5.41, 5.74) is 0.795. The molecule has 0 aliphatic rings. The average molecular weight is 262 g/mol. The molecule has 5 heteroatoms. The lowest BCUT2D eigenvalue weighted by Gasteiger charge is -2.12. The van der Waals surface area contributed by atoms with Crippen molar-refractivity contribution in [2.24, 2.45) is 0 Å². The third-order valence-corrected chi connectivity index (χ3v) is 2.86. The van der Waals surface area contributed by atoms with Crippen molar-refractivity contribution in [1.29, 1.82) is 0 Å². The first-order valence-corrected chi connectivity index (χ1v) is 6.29. The molecule has 0 spiro atoms. The van der Waals surface area contributed by atoms with Gasteiger partial charge in [0.25, 0.3) is 5.69 Å². The Labute approximate surface area is 112 Å². The molecule has 5 nitrogen and oxygen atoms in total. The topological polar surface area (TPSA) is 72.2 Å². The molecule has 0 aromatic heterocycles. The van der Waals surface area contributed by atoms with Gasteiger partial charge in [-0.25, -0.2) is 0 Å². The minimum atomic E-state index is -0.451. The molecule has 0 saturated carbocycles. The number of hydrogen-bond acceptors (Lipinski definition) is 3. The number of nitrogens with zero attached hydrogens (tertiary/aromatic N) is 1. The largest absolute Gasteiger partial charge is 0.350 e. The number of carbonyl (C=O) groups is 1. The fourth-order valence-electron chi connectivity index (χ4n) is 1.62. The Morgan fingerprint density at radius 1 is 1.32 bits per heavy atom. The summed E-state index contributed by atoms with van der Waals surface area (Å²) < 4.78 is 0. The number of nitro benzene ring substituents is 1. The SMILES string of the molecule is CCC(CC)NC(=O)/C=C/c1ccc([N+](=O)[O-])cc1. The number of nitro groups is 1. The van der Waals surface area contributed by atoms with Crippen LogP contribution in [0.1, 0.15) is 32.3 Å². The molecular formula is C14H18N2O3. The molecule has 0 aliphatic heterocycles. The van der Waals surface area contributed by atoms with Gasteiger partial charge < -0.3 is 5.32 Å². The summed E-state index contributed by atoms with van der Waals surface area (Å²) in [6.45, 7) is 4.04. The van der Waals surface area contributed by atoms with Gasteiger partial charge in [0.2, 0.25) is 5.91 Å². The van der Waals surface area contributed by atoms with E-state index in [1.54, 1.807) is 18.2 Å². The molecule has 1 aromatic rings. The number of carbonyl (C=O) groups excluding carboxylic acids is 1. The highest BCUT2D eigenvalue weighted by molar-refractivity contribution is 5.91. The lowest BCUT2D eigenvalue weighted by atomic mass is 10.1. The van der Waals surface area contributed by atoms with Crippen molar-refractivity contribution in [1.82, 2.24) is 5.32 Å². The van der Waals surface area contributed by atoms with Crippen molar-refractivity contribution in [3.63, 3.8) is 0 Å². The van der Waals surface area contributed by atoms with E-state index < -0.39 is 4.92 Å². The highest BCUT2D eigenvalue weighted by atomic mass is 16.6. The summed E-state index contributed by atoms with van der Waals surface area (Å²) in [5, 5.41) is 13.4. The van der Waals surface area contributed by atoms with E-state index in [1.165, 1.54) is 18.2 Å². The van der Waals surface area contributed by atoms with Crippen LogP contribution in [0.4, 0.5) is 5.69 Å². The molecule has 102 valence electrons. The first-order valence-electron chi connectivity index (χ1n) is 6.29. The number of amides is 1. The van der Waals surface area contributed by atoms with Crippen molar-refractivity contribution >= 4 is 17.7 Å². The Balaban J connectivity index is 2.61. The van der Waals surface area contributed by atoms with Gasteiger partial charge in [-0.3, -0.25) is 14.9 Å². The van der Waals surface area contributed by atoms with Crippen molar-refractivity contribution in [3.05, 3.63) is 46.0 Å². The van der Waals surface area contributed by atoms with Gasteiger partial charge in [0.15, 0.2) is 0 Å². The van der Waals surface area contributed by atoms with E-state index in [-0.39, 0.29) is 17.6 Å². The normalized spacial score (nSPS) is 10.9. The first kappa shape index (κ1) is 14.9. The fourth-order valence-corrected chi connectivity index (χ4v) is 1.62. The molecule has 1 N–H and O–H groups in total. The van der Waals surface area contributed by atoms with Gasteiger partial charge in [-0.15, -0.1) is 0 Å². The maximum atomic E-state index is 11.6. The second kappa shape index (κ2) is 7.31. The van der Waals surface area contributed by atoms with E-state index in [0.717, 1.165) is 18.4 Å². The molecule has 0 radical (unpaired) electrons. The predicted octanol–water partition coefficient (Wildman–Crippen LogP) is 2.91. The zero-order valence-electron chi connectivity index (χ0n) is 11.1. The summed E-state index contributed by atoms with van der Waals surface area (Å²) in [4.78, 5) is 21.7. The molecular weight excluding hydrogens is 244 g/mol. The molecule has 1 amide bonds. The summed E-state index contributed by atoms with van der Waals surface area (Å²) >= 11 is 0. The number of benzene rings is 1. The van der Waals surface area contributed by atoms with E-state index in [2.05, 4.69) is 5.32 Å². The highest BCUT2D eigenvalue weighted by Crippen LogP contribution is 2.12. The predicted molar refractivity (Wildman–Crippen MR) is 74.6 cm³/mol. The molecule has 1 aromatic carbocycles. The highest BCUT2D eigenvalue weighted by Gasteiger charge is 2.05. The molecule has 0 atom stereocenters. The summed E-state index contributed by atoms with van der Waals surface area (Å²) in [6.07, 6.45) is 4.88. The van der Waals surface area contributed by atoms with Crippen molar-refractivity contribution in [2.75, 3.05) is 0 Å². The van der Waals surface area contributed by atoms with Crippen LogP contribution < -0.4 is 5.32 Å². The smallest absolute Gasteiger partial charge is 0.269 e. The van der Waals surface area contributed by atoms with E-state index in [4.69, 9.17) is 0 Å². The molecule has 0 saturated heterocycles. The Morgan fingerprint density at radius 2 is 1.89 bits per heavy atom. The van der Waals surface area contributed by atoms with E-state index in [0.29, 0.717) is 0 Å². The Morgan fingerprint density at radius 3 is 2.37 bits per heavy atom. The second-order valence-corrected chi connectivity index (χ2v) is 4.20. The number of nitrogens with one attached hydrogen (secondary N) is 1. The lowest BCUT2D eigenvalue weighted by molar-refractivity contribution is -0.384. The zero-order chi connectivity index (χ0) is 14.3. The maximum Gasteiger partial charge on any atom is 0.269 e. The minimum absolute atomic E-state index is 0.0404. The Bertz CT molecular complexity index is 462. The van der Waals surface area contributed by atoms with E-state index in [1.807, 2.05) is 13.8 Å². The van der Waals surface area contributed by atoms with Crippen molar-refractivity contribution in [2.45, 2.75) is 32.7 Å².